The van der Waals surface area contributed by atoms with Gasteiger partial charge in [-0.2, -0.15) is 0 Å². The van der Waals surface area contributed by atoms with Crippen molar-refractivity contribution in [2.75, 3.05) is 18.5 Å². The summed E-state index contributed by atoms with van der Waals surface area (Å²) in [5.74, 6) is -0.376. The molecule has 2 amide bonds. The van der Waals surface area contributed by atoms with E-state index in [0.717, 1.165) is 25.7 Å². The van der Waals surface area contributed by atoms with Gasteiger partial charge in [0.2, 0.25) is 5.91 Å². The SMILES string of the molecule is CCOCC(=O)Nc1ccccc1C(=O)NC1CCCCC1. The highest BCUT2D eigenvalue weighted by atomic mass is 16.5. The van der Waals surface area contributed by atoms with Gasteiger partial charge < -0.3 is 15.4 Å². The normalized spacial score (nSPS) is 15.3. The lowest BCUT2D eigenvalue weighted by Gasteiger charge is -2.23. The molecule has 1 aliphatic carbocycles. The van der Waals surface area contributed by atoms with E-state index in [2.05, 4.69) is 10.6 Å². The number of ether oxygens (including phenoxy) is 1. The van der Waals surface area contributed by atoms with Gasteiger partial charge in [-0.15, -0.1) is 0 Å². The minimum absolute atomic E-state index is 0.00488. The van der Waals surface area contributed by atoms with E-state index in [1.165, 1.54) is 6.42 Å². The maximum absolute atomic E-state index is 12.4. The molecule has 120 valence electrons. The fourth-order valence-corrected chi connectivity index (χ4v) is 2.68. The molecule has 1 aromatic rings. The third-order valence-electron chi connectivity index (χ3n) is 3.82. The zero-order chi connectivity index (χ0) is 15.8. The third-order valence-corrected chi connectivity index (χ3v) is 3.82. The molecule has 0 aromatic heterocycles. The number of para-hydroxylation sites is 1. The van der Waals surface area contributed by atoms with Gasteiger partial charge in [0.15, 0.2) is 0 Å². The molecule has 5 heteroatoms. The second-order valence-electron chi connectivity index (χ2n) is 5.54. The van der Waals surface area contributed by atoms with Gasteiger partial charge in [-0.25, -0.2) is 0 Å². The lowest BCUT2D eigenvalue weighted by molar-refractivity contribution is -0.120. The molecular formula is C17H24N2O3. The average molecular weight is 304 g/mol. The zero-order valence-electron chi connectivity index (χ0n) is 13.1. The average Bonchev–Trinajstić information content (AvgIpc) is 2.54. The Bertz CT molecular complexity index is 510. The number of nitrogens with one attached hydrogen (secondary N) is 2. The fourth-order valence-electron chi connectivity index (χ4n) is 2.68. The molecule has 0 aliphatic heterocycles. The van der Waals surface area contributed by atoms with E-state index >= 15 is 0 Å². The van der Waals surface area contributed by atoms with Gasteiger partial charge >= 0.3 is 0 Å². The maximum atomic E-state index is 12.4. The van der Waals surface area contributed by atoms with Crippen LogP contribution in [-0.2, 0) is 9.53 Å². The highest BCUT2D eigenvalue weighted by Crippen LogP contribution is 2.20. The Labute approximate surface area is 131 Å². The first-order valence-corrected chi connectivity index (χ1v) is 7.98. The molecule has 2 rings (SSSR count). The molecule has 1 aliphatic rings. The van der Waals surface area contributed by atoms with Crippen LogP contribution in [-0.4, -0.2) is 31.1 Å². The summed E-state index contributed by atoms with van der Waals surface area (Å²) in [6, 6.07) is 7.31. The minimum Gasteiger partial charge on any atom is -0.372 e. The molecular weight excluding hydrogens is 280 g/mol. The number of carbonyl (C=O) groups is 2. The maximum Gasteiger partial charge on any atom is 0.253 e. The Hall–Kier alpha value is -1.88. The molecule has 0 spiro atoms. The highest BCUT2D eigenvalue weighted by Gasteiger charge is 2.19. The molecule has 0 saturated heterocycles. The molecule has 2 N–H and O–H groups in total. The number of hydrogen-bond donors (Lipinski definition) is 2. The van der Waals surface area contributed by atoms with Gasteiger partial charge in [0.25, 0.3) is 5.91 Å². The smallest absolute Gasteiger partial charge is 0.253 e. The number of rotatable bonds is 6. The van der Waals surface area contributed by atoms with Crippen LogP contribution in [0.4, 0.5) is 5.69 Å². The largest absolute Gasteiger partial charge is 0.372 e. The number of carbonyl (C=O) groups excluding carboxylic acids is 2. The van der Waals surface area contributed by atoms with Crippen LogP contribution in [0.3, 0.4) is 0 Å². The van der Waals surface area contributed by atoms with Crippen molar-refractivity contribution in [3.05, 3.63) is 29.8 Å². The molecule has 1 aromatic carbocycles. The van der Waals surface area contributed by atoms with Crippen LogP contribution in [0.2, 0.25) is 0 Å². The van der Waals surface area contributed by atoms with Gasteiger partial charge in [-0.05, 0) is 31.9 Å². The van der Waals surface area contributed by atoms with E-state index in [0.29, 0.717) is 17.9 Å². The van der Waals surface area contributed by atoms with Gasteiger partial charge in [0.1, 0.15) is 6.61 Å². The van der Waals surface area contributed by atoms with E-state index in [1.807, 2.05) is 6.92 Å². The zero-order valence-corrected chi connectivity index (χ0v) is 13.1. The van der Waals surface area contributed by atoms with E-state index in [1.54, 1.807) is 24.3 Å². The van der Waals surface area contributed by atoms with Crippen molar-refractivity contribution in [3.63, 3.8) is 0 Å². The van der Waals surface area contributed by atoms with Crippen molar-refractivity contribution in [2.24, 2.45) is 0 Å². The summed E-state index contributed by atoms with van der Waals surface area (Å²) >= 11 is 0. The summed E-state index contributed by atoms with van der Waals surface area (Å²) in [7, 11) is 0. The fraction of sp³-hybridized carbons (Fsp3) is 0.529. The van der Waals surface area contributed by atoms with E-state index in [4.69, 9.17) is 4.74 Å². The number of hydrogen-bond acceptors (Lipinski definition) is 3. The number of benzene rings is 1. The van der Waals surface area contributed by atoms with Crippen LogP contribution >= 0.6 is 0 Å². The van der Waals surface area contributed by atoms with Crippen LogP contribution in [0, 0.1) is 0 Å². The van der Waals surface area contributed by atoms with Crippen molar-refractivity contribution in [1.29, 1.82) is 0 Å². The first-order valence-electron chi connectivity index (χ1n) is 7.98. The molecule has 1 fully saturated rings. The topological polar surface area (TPSA) is 67.4 Å². The second-order valence-corrected chi connectivity index (χ2v) is 5.54. The predicted octanol–water partition coefficient (Wildman–Crippen LogP) is 2.72. The standard InChI is InChI=1S/C17H24N2O3/c1-2-22-12-16(20)19-15-11-7-6-10-14(15)17(21)18-13-8-4-3-5-9-13/h6-7,10-11,13H,2-5,8-9,12H2,1H3,(H,18,21)(H,19,20). The van der Waals surface area contributed by atoms with Gasteiger partial charge in [0.05, 0.1) is 11.3 Å². The number of amides is 2. The summed E-state index contributed by atoms with van der Waals surface area (Å²) in [6.07, 6.45) is 5.64. The third kappa shape index (κ3) is 4.84. The molecule has 0 atom stereocenters. The van der Waals surface area contributed by atoms with Crippen molar-refractivity contribution in [3.8, 4) is 0 Å². The second kappa shape index (κ2) is 8.54. The monoisotopic (exact) mass is 304 g/mol. The Morgan fingerprint density at radius 1 is 1.18 bits per heavy atom. The Balaban J connectivity index is 2.00. The summed E-state index contributed by atoms with van der Waals surface area (Å²) in [5.41, 5.74) is 1.03. The van der Waals surface area contributed by atoms with Crippen LogP contribution in [0.15, 0.2) is 24.3 Å². The lowest BCUT2D eigenvalue weighted by Crippen LogP contribution is -2.36. The predicted molar refractivity (Wildman–Crippen MR) is 85.9 cm³/mol. The highest BCUT2D eigenvalue weighted by molar-refractivity contribution is 6.04. The van der Waals surface area contributed by atoms with Crippen LogP contribution < -0.4 is 10.6 Å². The number of anilines is 1. The first-order chi connectivity index (χ1) is 10.7. The molecule has 0 heterocycles. The van der Waals surface area contributed by atoms with Gasteiger partial charge in [-0.1, -0.05) is 31.4 Å². The molecule has 0 bridgehead atoms. The van der Waals surface area contributed by atoms with Crippen molar-refractivity contribution in [1.82, 2.24) is 5.32 Å². The lowest BCUT2D eigenvalue weighted by atomic mass is 9.95. The Morgan fingerprint density at radius 2 is 1.91 bits per heavy atom. The summed E-state index contributed by atoms with van der Waals surface area (Å²) in [5, 5.41) is 5.81. The summed E-state index contributed by atoms with van der Waals surface area (Å²) < 4.78 is 5.08. The van der Waals surface area contributed by atoms with Crippen LogP contribution in [0.25, 0.3) is 0 Å². The molecule has 1 saturated carbocycles. The van der Waals surface area contributed by atoms with E-state index < -0.39 is 0 Å². The Morgan fingerprint density at radius 3 is 2.64 bits per heavy atom. The van der Waals surface area contributed by atoms with Gasteiger partial charge in [0, 0.05) is 12.6 Å². The van der Waals surface area contributed by atoms with Gasteiger partial charge in [-0.3, -0.25) is 9.59 Å². The molecule has 22 heavy (non-hydrogen) atoms. The van der Waals surface area contributed by atoms with Crippen LogP contribution in [0.5, 0.6) is 0 Å². The van der Waals surface area contributed by atoms with E-state index in [9.17, 15) is 9.59 Å². The first kappa shape index (κ1) is 16.5. The molecule has 0 radical (unpaired) electrons. The summed E-state index contributed by atoms with van der Waals surface area (Å²) in [4.78, 5) is 24.2. The quantitative estimate of drug-likeness (QED) is 0.849. The molecule has 0 unspecified atom stereocenters. The minimum atomic E-state index is -0.250. The molecule has 5 nitrogen and oxygen atoms in total. The summed E-state index contributed by atoms with van der Waals surface area (Å²) in [6.45, 7) is 2.31. The van der Waals surface area contributed by atoms with Crippen molar-refractivity contribution in [2.45, 2.75) is 45.1 Å². The van der Waals surface area contributed by atoms with Crippen molar-refractivity contribution >= 4 is 17.5 Å². The van der Waals surface area contributed by atoms with E-state index in [-0.39, 0.29) is 24.5 Å². The van der Waals surface area contributed by atoms with Crippen LogP contribution in [0.1, 0.15) is 49.4 Å². The Kier molecular flexibility index (Phi) is 6.40. The van der Waals surface area contributed by atoms with Crippen molar-refractivity contribution < 1.29 is 14.3 Å².